The Morgan fingerprint density at radius 1 is 1.33 bits per heavy atom. The van der Waals surface area contributed by atoms with E-state index < -0.39 is 0 Å². The van der Waals surface area contributed by atoms with E-state index in [1.807, 2.05) is 25.1 Å². The summed E-state index contributed by atoms with van der Waals surface area (Å²) in [6, 6.07) is 10.6. The first-order chi connectivity index (χ1) is 5.83. The van der Waals surface area contributed by atoms with Crippen LogP contribution in [0.3, 0.4) is 0 Å². The third-order valence-corrected chi connectivity index (χ3v) is 1.89. The summed E-state index contributed by atoms with van der Waals surface area (Å²) >= 11 is 0. The summed E-state index contributed by atoms with van der Waals surface area (Å²) in [4.78, 5) is 0. The Morgan fingerprint density at radius 3 is 2.58 bits per heavy atom. The summed E-state index contributed by atoms with van der Waals surface area (Å²) in [5, 5.41) is 10.9. The minimum Gasteiger partial charge on any atom is -0.390 e. The summed E-state index contributed by atoms with van der Waals surface area (Å²) in [7, 11) is 0. The first-order valence-electron chi connectivity index (χ1n) is 4.31. The molecule has 12 heavy (non-hydrogen) atoms. The molecule has 0 fully saturated rings. The summed E-state index contributed by atoms with van der Waals surface area (Å²) in [5.74, 6) is 0. The molecule has 0 saturated heterocycles. The lowest BCUT2D eigenvalue weighted by molar-refractivity contribution is -0.702. The number of quaternary nitrogens is 1. The van der Waals surface area contributed by atoms with E-state index in [-0.39, 0.29) is 6.61 Å². The molecule has 0 saturated carbocycles. The molecule has 3 N–H and O–H groups in total. The highest BCUT2D eigenvalue weighted by Gasteiger charge is 2.01. The molecule has 0 aromatic heterocycles. The molecule has 0 radical (unpaired) electrons. The maximum Gasteiger partial charge on any atom is 0.107 e. The van der Waals surface area contributed by atoms with Crippen molar-refractivity contribution in [3.05, 3.63) is 35.9 Å². The summed E-state index contributed by atoms with van der Waals surface area (Å²) < 4.78 is 0. The standard InChI is InChI=1S/C10H15NO/c1-9(8-12)11-7-10-5-3-2-4-6-10/h2-6,9,11-12H,7-8H2,1H3/p+1/t9-/m1/s1. The van der Waals surface area contributed by atoms with Crippen molar-refractivity contribution in [3.63, 3.8) is 0 Å². The largest absolute Gasteiger partial charge is 0.390 e. The summed E-state index contributed by atoms with van der Waals surface area (Å²) in [6.07, 6.45) is 0. The number of benzene rings is 1. The van der Waals surface area contributed by atoms with Gasteiger partial charge in [0.15, 0.2) is 0 Å². The van der Waals surface area contributed by atoms with Gasteiger partial charge in [-0.2, -0.15) is 0 Å². The van der Waals surface area contributed by atoms with Crippen LogP contribution in [0.25, 0.3) is 0 Å². The van der Waals surface area contributed by atoms with Crippen LogP contribution >= 0.6 is 0 Å². The van der Waals surface area contributed by atoms with Gasteiger partial charge in [-0.05, 0) is 6.92 Å². The van der Waals surface area contributed by atoms with Crippen LogP contribution in [-0.2, 0) is 6.54 Å². The molecule has 0 aliphatic carbocycles. The van der Waals surface area contributed by atoms with Crippen LogP contribution in [0.2, 0.25) is 0 Å². The molecule has 2 nitrogen and oxygen atoms in total. The lowest BCUT2D eigenvalue weighted by Gasteiger charge is -2.06. The van der Waals surface area contributed by atoms with Gasteiger partial charge in [-0.1, -0.05) is 30.3 Å². The molecule has 0 bridgehead atoms. The van der Waals surface area contributed by atoms with Crippen LogP contribution in [0.1, 0.15) is 12.5 Å². The van der Waals surface area contributed by atoms with Gasteiger partial charge in [0.1, 0.15) is 12.6 Å². The molecule has 2 heteroatoms. The SMILES string of the molecule is C[C@H](CO)[NH2+]Cc1ccccc1. The van der Waals surface area contributed by atoms with Gasteiger partial charge in [0.25, 0.3) is 0 Å². The van der Waals surface area contributed by atoms with Gasteiger partial charge >= 0.3 is 0 Å². The number of hydrogen-bond acceptors (Lipinski definition) is 1. The van der Waals surface area contributed by atoms with E-state index in [1.54, 1.807) is 0 Å². The van der Waals surface area contributed by atoms with E-state index in [1.165, 1.54) is 5.56 Å². The highest BCUT2D eigenvalue weighted by Crippen LogP contribution is 1.94. The van der Waals surface area contributed by atoms with Crippen molar-refractivity contribution < 1.29 is 10.4 Å². The number of nitrogens with two attached hydrogens (primary N) is 1. The average Bonchev–Trinajstić information content (AvgIpc) is 2.16. The van der Waals surface area contributed by atoms with Gasteiger partial charge in [-0.15, -0.1) is 0 Å². The van der Waals surface area contributed by atoms with Crippen molar-refractivity contribution in [2.24, 2.45) is 0 Å². The molecule has 0 aliphatic rings. The van der Waals surface area contributed by atoms with Gasteiger partial charge < -0.3 is 10.4 Å². The van der Waals surface area contributed by atoms with E-state index >= 15 is 0 Å². The maximum absolute atomic E-state index is 8.78. The fourth-order valence-electron chi connectivity index (χ4n) is 1.03. The molecular weight excluding hydrogens is 150 g/mol. The number of aliphatic hydroxyl groups is 1. The Morgan fingerprint density at radius 2 is 2.00 bits per heavy atom. The third kappa shape index (κ3) is 3.03. The zero-order chi connectivity index (χ0) is 8.81. The van der Waals surface area contributed by atoms with Crippen LogP contribution in [0.15, 0.2) is 30.3 Å². The molecule has 0 heterocycles. The molecule has 0 amide bonds. The van der Waals surface area contributed by atoms with E-state index in [0.29, 0.717) is 6.04 Å². The van der Waals surface area contributed by atoms with Crippen molar-refractivity contribution in [1.29, 1.82) is 0 Å². The third-order valence-electron chi connectivity index (χ3n) is 1.89. The second kappa shape index (κ2) is 4.91. The monoisotopic (exact) mass is 166 g/mol. The normalized spacial score (nSPS) is 12.8. The molecule has 66 valence electrons. The molecule has 0 aliphatic heterocycles. The Labute approximate surface area is 73.2 Å². The molecule has 0 spiro atoms. The minimum atomic E-state index is 0.243. The fraction of sp³-hybridized carbons (Fsp3) is 0.400. The second-order valence-electron chi connectivity index (χ2n) is 3.09. The molecule has 1 atom stereocenters. The number of aliphatic hydroxyl groups excluding tert-OH is 1. The first kappa shape index (κ1) is 9.23. The van der Waals surface area contributed by atoms with Gasteiger partial charge in [0.2, 0.25) is 0 Å². The second-order valence-corrected chi connectivity index (χ2v) is 3.09. The van der Waals surface area contributed by atoms with Crippen molar-refractivity contribution in [2.45, 2.75) is 19.5 Å². The van der Waals surface area contributed by atoms with Crippen molar-refractivity contribution in [2.75, 3.05) is 6.61 Å². The minimum absolute atomic E-state index is 0.243. The van der Waals surface area contributed by atoms with Gasteiger partial charge in [0, 0.05) is 5.56 Å². The average molecular weight is 166 g/mol. The Bertz CT molecular complexity index is 210. The topological polar surface area (TPSA) is 36.8 Å². The highest BCUT2D eigenvalue weighted by atomic mass is 16.3. The van der Waals surface area contributed by atoms with E-state index in [9.17, 15) is 0 Å². The van der Waals surface area contributed by atoms with E-state index in [0.717, 1.165) is 6.54 Å². The van der Waals surface area contributed by atoms with Crippen molar-refractivity contribution in [1.82, 2.24) is 0 Å². The predicted molar refractivity (Wildman–Crippen MR) is 48.6 cm³/mol. The number of rotatable bonds is 4. The van der Waals surface area contributed by atoms with Crippen LogP contribution in [-0.4, -0.2) is 17.8 Å². The van der Waals surface area contributed by atoms with Gasteiger partial charge in [-0.3, -0.25) is 0 Å². The smallest absolute Gasteiger partial charge is 0.107 e. The van der Waals surface area contributed by atoms with E-state index in [4.69, 9.17) is 5.11 Å². The van der Waals surface area contributed by atoms with Crippen LogP contribution < -0.4 is 5.32 Å². The number of hydrogen-bond donors (Lipinski definition) is 2. The quantitative estimate of drug-likeness (QED) is 0.655. The van der Waals surface area contributed by atoms with Gasteiger partial charge in [-0.25, -0.2) is 0 Å². The maximum atomic E-state index is 8.78. The molecule has 1 rings (SSSR count). The van der Waals surface area contributed by atoms with Crippen molar-refractivity contribution >= 4 is 0 Å². The van der Waals surface area contributed by atoms with Gasteiger partial charge in [0.05, 0.1) is 6.61 Å². The van der Waals surface area contributed by atoms with Crippen molar-refractivity contribution in [3.8, 4) is 0 Å². The Kier molecular flexibility index (Phi) is 3.77. The summed E-state index contributed by atoms with van der Waals surface area (Å²) in [5.41, 5.74) is 1.30. The van der Waals surface area contributed by atoms with Crippen LogP contribution in [0.4, 0.5) is 0 Å². The highest BCUT2D eigenvalue weighted by molar-refractivity contribution is 5.12. The lowest BCUT2D eigenvalue weighted by Crippen LogP contribution is -2.88. The molecule has 1 aromatic carbocycles. The predicted octanol–water partition coefficient (Wildman–Crippen LogP) is 0.131. The zero-order valence-electron chi connectivity index (χ0n) is 7.40. The van der Waals surface area contributed by atoms with Crippen LogP contribution in [0, 0.1) is 0 Å². The zero-order valence-corrected chi connectivity index (χ0v) is 7.40. The van der Waals surface area contributed by atoms with E-state index in [2.05, 4.69) is 17.4 Å². The first-order valence-corrected chi connectivity index (χ1v) is 4.31. The fourth-order valence-corrected chi connectivity index (χ4v) is 1.03. The molecule has 0 unspecified atom stereocenters. The summed E-state index contributed by atoms with van der Waals surface area (Å²) in [6.45, 7) is 3.21. The molecule has 1 aromatic rings. The Hall–Kier alpha value is -0.860. The lowest BCUT2D eigenvalue weighted by atomic mass is 10.2. The molecular formula is C10H16NO+. The Balaban J connectivity index is 2.33. The van der Waals surface area contributed by atoms with Crippen LogP contribution in [0.5, 0.6) is 0 Å².